The fourth-order valence-electron chi connectivity index (χ4n) is 6.11. The summed E-state index contributed by atoms with van der Waals surface area (Å²) in [5.41, 5.74) is 15.4. The van der Waals surface area contributed by atoms with Gasteiger partial charge in [0.2, 0.25) is 0 Å². The van der Waals surface area contributed by atoms with Crippen LogP contribution in [0, 0.1) is 18.6 Å². The molecule has 354 valence electrons. The Hall–Kier alpha value is -5.18. The molecule has 4 aromatic carbocycles. The minimum absolute atomic E-state index is 0.201. The second-order valence-electron chi connectivity index (χ2n) is 16.3. The quantitative estimate of drug-likeness (QED) is 0.103. The van der Waals surface area contributed by atoms with Crippen LogP contribution in [0.4, 0.5) is 46.8 Å². The van der Waals surface area contributed by atoms with Crippen LogP contribution in [0.2, 0.25) is 10.0 Å². The molecular formula is C45H47BCl2F8N6O4. The van der Waals surface area contributed by atoms with Gasteiger partial charge in [-0.1, -0.05) is 29.3 Å². The highest BCUT2D eigenvalue weighted by molar-refractivity contribution is 6.62. The number of alkyl halides is 6. The molecule has 1 saturated heterocycles. The lowest BCUT2D eigenvalue weighted by Gasteiger charge is -2.32. The number of hydrogen-bond donors (Lipinski definition) is 2. The Balaban J connectivity index is 0.000000195. The number of halogens is 10. The Morgan fingerprint density at radius 1 is 0.636 bits per heavy atom. The monoisotopic (exact) mass is 968 g/mol. The number of aromatic nitrogens is 4. The maximum atomic E-state index is 13.2. The second kappa shape index (κ2) is 20.8. The first-order valence-corrected chi connectivity index (χ1v) is 20.9. The van der Waals surface area contributed by atoms with E-state index in [0.717, 1.165) is 25.2 Å². The molecule has 6 aromatic rings. The van der Waals surface area contributed by atoms with Crippen LogP contribution in [0.1, 0.15) is 58.4 Å². The van der Waals surface area contributed by atoms with Gasteiger partial charge >= 0.3 is 19.5 Å². The number of rotatable bonds is 10. The normalized spacial score (nSPS) is 15.4. The Morgan fingerprint density at radius 3 is 1.52 bits per heavy atom. The molecule has 1 aliphatic rings. The van der Waals surface area contributed by atoms with Crippen LogP contribution in [-0.4, -0.2) is 62.4 Å². The fraction of sp³-hybridized carbons (Fsp3) is 0.333. The van der Waals surface area contributed by atoms with E-state index >= 15 is 0 Å². The van der Waals surface area contributed by atoms with E-state index in [2.05, 4.69) is 10.2 Å². The first-order chi connectivity index (χ1) is 30.6. The van der Waals surface area contributed by atoms with Crippen LogP contribution in [0.3, 0.4) is 0 Å². The van der Waals surface area contributed by atoms with Gasteiger partial charge in [0, 0.05) is 33.4 Å². The average Bonchev–Trinajstić information content (AvgIpc) is 3.85. The van der Waals surface area contributed by atoms with E-state index in [-0.39, 0.29) is 24.8 Å². The summed E-state index contributed by atoms with van der Waals surface area (Å²) in [4.78, 5) is 0. The van der Waals surface area contributed by atoms with E-state index < -0.39 is 48.7 Å². The van der Waals surface area contributed by atoms with Crippen LogP contribution < -0.4 is 16.9 Å². The molecule has 7 rings (SSSR count). The third-order valence-corrected chi connectivity index (χ3v) is 10.9. The molecule has 0 saturated carbocycles. The van der Waals surface area contributed by atoms with Gasteiger partial charge in [0.15, 0.2) is 12.2 Å². The molecule has 1 aliphatic heterocycles. The van der Waals surface area contributed by atoms with Crippen molar-refractivity contribution in [3.63, 3.8) is 0 Å². The molecule has 3 heterocycles. The molecule has 10 nitrogen and oxygen atoms in total. The van der Waals surface area contributed by atoms with Crippen molar-refractivity contribution in [2.45, 2.75) is 97.4 Å². The van der Waals surface area contributed by atoms with Crippen molar-refractivity contribution < 1.29 is 53.9 Å². The summed E-state index contributed by atoms with van der Waals surface area (Å²) in [5.74, 6) is 0.0348. The molecule has 0 spiro atoms. The number of hydrogen-bond acceptors (Lipinski definition) is 8. The molecule has 0 amide bonds. The van der Waals surface area contributed by atoms with Crippen molar-refractivity contribution in [3.8, 4) is 22.6 Å². The highest BCUT2D eigenvalue weighted by atomic mass is 35.5. The van der Waals surface area contributed by atoms with Gasteiger partial charge in [0.05, 0.1) is 41.5 Å². The highest BCUT2D eigenvalue weighted by Gasteiger charge is 2.52. The number of nitrogens with two attached hydrogens (primary N) is 2. The van der Waals surface area contributed by atoms with Crippen molar-refractivity contribution in [2.24, 2.45) is 0 Å². The summed E-state index contributed by atoms with van der Waals surface area (Å²) < 4.78 is 126. The van der Waals surface area contributed by atoms with Gasteiger partial charge in [-0.3, -0.25) is 0 Å². The van der Waals surface area contributed by atoms with E-state index in [1.54, 1.807) is 59.3 Å². The van der Waals surface area contributed by atoms with E-state index in [9.17, 15) is 35.1 Å². The van der Waals surface area contributed by atoms with Crippen LogP contribution >= 0.6 is 23.2 Å². The van der Waals surface area contributed by atoms with Crippen molar-refractivity contribution in [1.29, 1.82) is 0 Å². The summed E-state index contributed by atoms with van der Waals surface area (Å²) in [5, 5.41) is 8.99. The lowest BCUT2D eigenvalue weighted by Crippen LogP contribution is -2.41. The SMILES string of the molecule is C[C@@H](OCc1cc(Cl)cc(-c2cc(N)nn2-c2ccc(F)cc2)c1)C(F)(F)F.C[C@@H](OCc1cc(Cl)cc(B2OC(C)(C)C(C)(C)O2)c1)C(F)(F)F.Cc1cc(N)nn1-c1ccc(F)cc1. The summed E-state index contributed by atoms with van der Waals surface area (Å²) in [6.45, 7) is 11.0. The largest absolute Gasteiger partial charge is 0.494 e. The predicted molar refractivity (Wildman–Crippen MR) is 239 cm³/mol. The Bertz CT molecular complexity index is 2560. The highest BCUT2D eigenvalue weighted by Crippen LogP contribution is 2.37. The summed E-state index contributed by atoms with van der Waals surface area (Å²) in [6.07, 6.45) is -12.6. The Kier molecular flexibility index (Phi) is 16.3. The van der Waals surface area contributed by atoms with Crippen molar-refractivity contribution in [1.82, 2.24) is 19.6 Å². The minimum atomic E-state index is -4.45. The average molecular weight is 970 g/mol. The van der Waals surface area contributed by atoms with Gasteiger partial charge in [-0.05, 0) is 144 Å². The second-order valence-corrected chi connectivity index (χ2v) is 17.1. The standard InChI is InChI=1S/C19H16ClF4N3O.C16H21BClF3O3.C10H10FN3/c1-11(19(22,23)24)28-10-12-6-13(8-14(20)7-12)17-9-18(25)26-27(17)16-4-2-15(21)3-5-16;1-10(16(19,20)21)22-9-11-6-12(8-13(18)7-11)17-23-14(2,3)15(4,5)24-17;1-7-6-10(12)13-14(7)9-4-2-8(11)3-5-9/h2-9,11H,10H2,1H3,(H2,25,26);6-8,10H,9H2,1-5H3;2-6H,1H3,(H2,12,13)/t11-;10-;/m11./s1. The van der Waals surface area contributed by atoms with Crippen LogP contribution in [-0.2, 0) is 32.0 Å². The molecule has 2 atom stereocenters. The van der Waals surface area contributed by atoms with E-state index in [1.165, 1.54) is 47.1 Å². The van der Waals surface area contributed by atoms with Crippen molar-refractivity contribution >= 4 is 47.4 Å². The van der Waals surface area contributed by atoms with Gasteiger partial charge in [0.1, 0.15) is 23.3 Å². The van der Waals surface area contributed by atoms with Crippen LogP contribution in [0.15, 0.2) is 97.1 Å². The van der Waals surface area contributed by atoms with E-state index in [1.807, 2.05) is 34.6 Å². The number of nitrogen functional groups attached to an aromatic ring is 2. The number of aryl methyl sites for hydroxylation is 1. The van der Waals surface area contributed by atoms with Crippen LogP contribution in [0.25, 0.3) is 22.6 Å². The molecule has 0 radical (unpaired) electrons. The lowest BCUT2D eigenvalue weighted by molar-refractivity contribution is -0.217. The molecule has 0 aliphatic carbocycles. The smallest absolute Gasteiger partial charge is 0.399 e. The molecule has 21 heteroatoms. The van der Waals surface area contributed by atoms with Gasteiger partial charge in [-0.2, -0.15) is 36.5 Å². The third kappa shape index (κ3) is 13.7. The maximum Gasteiger partial charge on any atom is 0.494 e. The molecule has 1 fully saturated rings. The molecule has 66 heavy (non-hydrogen) atoms. The van der Waals surface area contributed by atoms with E-state index in [0.29, 0.717) is 49.4 Å². The van der Waals surface area contributed by atoms with Gasteiger partial charge in [-0.25, -0.2) is 18.1 Å². The van der Waals surface area contributed by atoms with Crippen LogP contribution in [0.5, 0.6) is 0 Å². The fourth-order valence-corrected chi connectivity index (χ4v) is 6.64. The summed E-state index contributed by atoms with van der Waals surface area (Å²) in [7, 11) is -0.632. The molecule has 0 bridgehead atoms. The number of nitrogens with zero attached hydrogens (tertiary/aromatic N) is 4. The first-order valence-electron chi connectivity index (χ1n) is 20.1. The lowest BCUT2D eigenvalue weighted by atomic mass is 9.78. The van der Waals surface area contributed by atoms with Gasteiger partial charge in [0.25, 0.3) is 0 Å². The summed E-state index contributed by atoms with van der Waals surface area (Å²) in [6, 6.07) is 24.9. The molecule has 4 N–H and O–H groups in total. The first kappa shape index (κ1) is 51.8. The number of anilines is 2. The number of benzene rings is 4. The third-order valence-electron chi connectivity index (χ3n) is 10.5. The maximum absolute atomic E-state index is 13.2. The predicted octanol–water partition coefficient (Wildman–Crippen LogP) is 11.4. The zero-order valence-corrected chi connectivity index (χ0v) is 38.3. The van der Waals surface area contributed by atoms with Crippen molar-refractivity contribution in [2.75, 3.05) is 11.5 Å². The zero-order valence-electron chi connectivity index (χ0n) is 36.7. The molecular weight excluding hydrogens is 922 g/mol. The van der Waals surface area contributed by atoms with E-state index in [4.69, 9.17) is 53.5 Å². The summed E-state index contributed by atoms with van der Waals surface area (Å²) >= 11 is 12.2. The zero-order chi connectivity index (χ0) is 48.9. The minimum Gasteiger partial charge on any atom is -0.399 e. The van der Waals surface area contributed by atoms with Gasteiger partial charge in [-0.15, -0.1) is 0 Å². The van der Waals surface area contributed by atoms with Gasteiger partial charge < -0.3 is 30.2 Å². The molecule has 2 aromatic heterocycles. The topological polar surface area (TPSA) is 125 Å². The van der Waals surface area contributed by atoms with Crippen molar-refractivity contribution in [3.05, 3.63) is 136 Å². The molecule has 0 unspecified atom stereocenters. The number of ether oxygens (including phenoxy) is 2. The Morgan fingerprint density at radius 2 is 1.06 bits per heavy atom. The Labute approximate surface area is 386 Å².